The molecule has 0 radical (unpaired) electrons. The number of aliphatic hydroxyl groups is 1. The zero-order chi connectivity index (χ0) is 9.68. The number of allylic oxidation sites excluding steroid dienone is 1. The molecule has 0 spiro atoms. The van der Waals surface area contributed by atoms with Crippen molar-refractivity contribution in [3.8, 4) is 0 Å². The molecular formula is C9H10O4. The van der Waals surface area contributed by atoms with Crippen LogP contribution in [0.4, 0.5) is 0 Å². The molecule has 0 bridgehead atoms. The van der Waals surface area contributed by atoms with Crippen LogP contribution in [-0.2, 0) is 16.0 Å². The van der Waals surface area contributed by atoms with Crippen LogP contribution < -0.4 is 0 Å². The molecule has 4 nitrogen and oxygen atoms in total. The van der Waals surface area contributed by atoms with Crippen LogP contribution in [0.15, 0.2) is 34.6 Å². The molecule has 0 aliphatic rings. The summed E-state index contributed by atoms with van der Waals surface area (Å²) in [5.74, 6) is -0.471. The van der Waals surface area contributed by atoms with E-state index >= 15 is 0 Å². The Kier molecular flexibility index (Phi) is 3.14. The summed E-state index contributed by atoms with van der Waals surface area (Å²) in [4.78, 5) is 10.7. The zero-order valence-electron chi connectivity index (χ0n) is 7.19. The lowest BCUT2D eigenvalue weighted by Crippen LogP contribution is -2.03. The van der Waals surface area contributed by atoms with Gasteiger partial charge in [-0.15, -0.1) is 0 Å². The fourth-order valence-electron chi connectivity index (χ4n) is 0.814. The Morgan fingerprint density at radius 2 is 2.54 bits per heavy atom. The van der Waals surface area contributed by atoms with Crippen molar-refractivity contribution in [2.24, 2.45) is 0 Å². The minimum atomic E-state index is -0.744. The van der Waals surface area contributed by atoms with Crippen LogP contribution >= 0.6 is 0 Å². The molecule has 0 fully saturated rings. The lowest BCUT2D eigenvalue weighted by atomic mass is 10.3. The largest absolute Gasteiger partial charge is 0.502 e. The summed E-state index contributed by atoms with van der Waals surface area (Å²) in [7, 11) is 1.21. The quantitative estimate of drug-likeness (QED) is 0.436. The van der Waals surface area contributed by atoms with E-state index in [4.69, 9.17) is 9.52 Å². The highest BCUT2D eigenvalue weighted by molar-refractivity contribution is 5.85. The van der Waals surface area contributed by atoms with Crippen molar-refractivity contribution < 1.29 is 19.1 Å². The molecule has 1 heterocycles. The number of esters is 1. The number of carbonyl (C=O) groups excluding carboxylic acids is 1. The summed E-state index contributed by atoms with van der Waals surface area (Å²) < 4.78 is 9.28. The lowest BCUT2D eigenvalue weighted by molar-refractivity contribution is -0.139. The second kappa shape index (κ2) is 4.35. The molecule has 0 saturated carbocycles. The van der Waals surface area contributed by atoms with Gasteiger partial charge in [-0.25, -0.2) is 4.79 Å². The summed E-state index contributed by atoms with van der Waals surface area (Å²) in [6.45, 7) is 0. The normalized spacial score (nSPS) is 11.3. The molecule has 1 aromatic heterocycles. The van der Waals surface area contributed by atoms with Gasteiger partial charge in [0.1, 0.15) is 5.76 Å². The monoisotopic (exact) mass is 182 g/mol. The van der Waals surface area contributed by atoms with Crippen LogP contribution in [0.2, 0.25) is 0 Å². The van der Waals surface area contributed by atoms with Gasteiger partial charge in [0, 0.05) is 6.42 Å². The van der Waals surface area contributed by atoms with E-state index in [-0.39, 0.29) is 0 Å². The first-order valence-electron chi connectivity index (χ1n) is 3.74. The topological polar surface area (TPSA) is 59.7 Å². The lowest BCUT2D eigenvalue weighted by Gasteiger charge is -1.95. The maximum atomic E-state index is 10.7. The first-order valence-corrected chi connectivity index (χ1v) is 3.74. The molecule has 0 aliphatic carbocycles. The third-order valence-electron chi connectivity index (χ3n) is 1.47. The predicted molar refractivity (Wildman–Crippen MR) is 45.1 cm³/mol. The van der Waals surface area contributed by atoms with E-state index in [1.54, 1.807) is 12.1 Å². The summed E-state index contributed by atoms with van der Waals surface area (Å²) >= 11 is 0. The standard InChI is InChI=1S/C9H10O4/c1-12-9(11)8(10)5-4-7-3-2-6-13-7/h2-3,5-6,10H,4H2,1H3. The molecule has 0 saturated heterocycles. The molecule has 0 aliphatic heterocycles. The summed E-state index contributed by atoms with van der Waals surface area (Å²) in [6.07, 6.45) is 3.23. The van der Waals surface area contributed by atoms with Gasteiger partial charge in [-0.05, 0) is 18.2 Å². The second-order valence-corrected chi connectivity index (χ2v) is 2.36. The zero-order valence-corrected chi connectivity index (χ0v) is 7.19. The molecule has 70 valence electrons. The van der Waals surface area contributed by atoms with E-state index < -0.39 is 11.7 Å². The molecular weight excluding hydrogens is 172 g/mol. The van der Waals surface area contributed by atoms with E-state index in [0.717, 1.165) is 0 Å². The molecule has 0 unspecified atom stereocenters. The van der Waals surface area contributed by atoms with E-state index in [2.05, 4.69) is 4.74 Å². The van der Waals surface area contributed by atoms with Gasteiger partial charge in [0.25, 0.3) is 0 Å². The Morgan fingerprint density at radius 3 is 3.08 bits per heavy atom. The molecule has 0 atom stereocenters. The van der Waals surface area contributed by atoms with E-state index in [9.17, 15) is 4.79 Å². The molecule has 4 heteroatoms. The molecule has 13 heavy (non-hydrogen) atoms. The highest BCUT2D eigenvalue weighted by atomic mass is 16.5. The number of rotatable bonds is 3. The molecule has 0 aromatic carbocycles. The molecule has 0 amide bonds. The number of methoxy groups -OCH3 is 1. The maximum absolute atomic E-state index is 10.7. The minimum Gasteiger partial charge on any atom is -0.502 e. The van der Waals surface area contributed by atoms with Crippen molar-refractivity contribution >= 4 is 5.97 Å². The number of furan rings is 1. The number of carbonyl (C=O) groups is 1. The van der Waals surface area contributed by atoms with Gasteiger partial charge in [0.2, 0.25) is 0 Å². The summed E-state index contributed by atoms with van der Waals surface area (Å²) in [5.41, 5.74) is 0. The van der Waals surface area contributed by atoms with Crippen molar-refractivity contribution in [2.45, 2.75) is 6.42 Å². The first-order chi connectivity index (χ1) is 6.24. The van der Waals surface area contributed by atoms with Crippen LogP contribution in [0.1, 0.15) is 5.76 Å². The van der Waals surface area contributed by atoms with Gasteiger partial charge in [-0.2, -0.15) is 0 Å². The van der Waals surface area contributed by atoms with Crippen molar-refractivity contribution in [1.29, 1.82) is 0 Å². The average molecular weight is 182 g/mol. The fraction of sp³-hybridized carbons (Fsp3) is 0.222. The van der Waals surface area contributed by atoms with Gasteiger partial charge in [-0.3, -0.25) is 0 Å². The fourth-order valence-corrected chi connectivity index (χ4v) is 0.814. The van der Waals surface area contributed by atoms with Crippen molar-refractivity contribution in [2.75, 3.05) is 7.11 Å². The van der Waals surface area contributed by atoms with Crippen molar-refractivity contribution in [1.82, 2.24) is 0 Å². The highest BCUT2D eigenvalue weighted by Crippen LogP contribution is 2.03. The SMILES string of the molecule is COC(=O)C(O)=CCc1ccco1. The van der Waals surface area contributed by atoms with E-state index in [1.807, 2.05) is 0 Å². The molecule has 1 rings (SSSR count). The Hall–Kier alpha value is -1.71. The Labute approximate surface area is 75.4 Å². The van der Waals surface area contributed by atoms with Crippen LogP contribution in [0, 0.1) is 0 Å². The second-order valence-electron chi connectivity index (χ2n) is 2.36. The van der Waals surface area contributed by atoms with Gasteiger partial charge < -0.3 is 14.3 Å². The van der Waals surface area contributed by atoms with Crippen molar-refractivity contribution in [3.63, 3.8) is 0 Å². The highest BCUT2D eigenvalue weighted by Gasteiger charge is 2.05. The smallest absolute Gasteiger partial charge is 0.372 e. The molecule has 1 N–H and O–H groups in total. The minimum absolute atomic E-state index is 0.369. The van der Waals surface area contributed by atoms with Gasteiger partial charge >= 0.3 is 5.97 Å². The summed E-state index contributed by atoms with van der Waals surface area (Å²) in [6, 6.07) is 3.49. The summed E-state index contributed by atoms with van der Waals surface area (Å²) in [5, 5.41) is 9.06. The van der Waals surface area contributed by atoms with Crippen LogP contribution in [0.5, 0.6) is 0 Å². The van der Waals surface area contributed by atoms with Crippen LogP contribution in [0.3, 0.4) is 0 Å². The number of hydrogen-bond acceptors (Lipinski definition) is 4. The van der Waals surface area contributed by atoms with Crippen molar-refractivity contribution in [3.05, 3.63) is 36.0 Å². The van der Waals surface area contributed by atoms with E-state index in [0.29, 0.717) is 12.2 Å². The molecule has 1 aromatic rings. The first kappa shape index (κ1) is 9.38. The van der Waals surface area contributed by atoms with Crippen LogP contribution in [-0.4, -0.2) is 18.2 Å². The van der Waals surface area contributed by atoms with Gasteiger partial charge in [0.15, 0.2) is 5.76 Å². The number of ether oxygens (including phenoxy) is 1. The Morgan fingerprint density at radius 1 is 1.77 bits per heavy atom. The Balaban J connectivity index is 2.53. The maximum Gasteiger partial charge on any atom is 0.372 e. The van der Waals surface area contributed by atoms with E-state index in [1.165, 1.54) is 19.4 Å². The number of aliphatic hydroxyl groups excluding tert-OH is 1. The average Bonchev–Trinajstić information content (AvgIpc) is 2.65. The predicted octanol–water partition coefficient (Wildman–Crippen LogP) is 1.44. The third kappa shape index (κ3) is 2.66. The van der Waals surface area contributed by atoms with Gasteiger partial charge in [0.05, 0.1) is 13.4 Å². The van der Waals surface area contributed by atoms with Crippen LogP contribution in [0.25, 0.3) is 0 Å². The third-order valence-corrected chi connectivity index (χ3v) is 1.47. The van der Waals surface area contributed by atoms with Gasteiger partial charge in [-0.1, -0.05) is 0 Å². The Bertz CT molecular complexity index is 297. The number of hydrogen-bond donors (Lipinski definition) is 1.